The van der Waals surface area contributed by atoms with Gasteiger partial charge in [-0.05, 0) is 13.0 Å². The van der Waals surface area contributed by atoms with Gasteiger partial charge in [0.1, 0.15) is 0 Å². The summed E-state index contributed by atoms with van der Waals surface area (Å²) in [6, 6.07) is 3.84. The summed E-state index contributed by atoms with van der Waals surface area (Å²) in [4.78, 5) is 15.4. The van der Waals surface area contributed by atoms with Crippen LogP contribution < -0.4 is 0 Å². The Hall–Kier alpha value is -2.05. The zero-order valence-corrected chi connectivity index (χ0v) is 10.6. The summed E-state index contributed by atoms with van der Waals surface area (Å²) >= 11 is 0. The van der Waals surface area contributed by atoms with E-state index < -0.39 is 29.9 Å². The molecule has 0 saturated heterocycles. The second kappa shape index (κ2) is 5.52. The zero-order valence-electron chi connectivity index (χ0n) is 10.6. The Kier molecular flexibility index (Phi) is 3.96. The molecule has 1 heterocycles. The summed E-state index contributed by atoms with van der Waals surface area (Å²) < 4.78 is 48.7. The maximum atomic E-state index is 13.0. The van der Waals surface area contributed by atoms with Gasteiger partial charge in [-0.3, -0.25) is 0 Å². The molecule has 1 aromatic rings. The highest BCUT2D eigenvalue weighted by atomic mass is 19.4. The molecule has 0 radical (unpaired) electrons. The quantitative estimate of drug-likeness (QED) is 0.803. The van der Waals surface area contributed by atoms with E-state index in [2.05, 4.69) is 4.99 Å². The number of halogens is 3. The number of aliphatic imine (C=N–C) groups is 1. The van der Waals surface area contributed by atoms with E-state index in [1.165, 1.54) is 18.2 Å². The molecule has 2 atom stereocenters. The predicted molar refractivity (Wildman–Crippen MR) is 64.2 cm³/mol. The monoisotopic (exact) mass is 287 g/mol. The van der Waals surface area contributed by atoms with Crippen LogP contribution in [0.5, 0.6) is 0 Å². The fourth-order valence-corrected chi connectivity index (χ4v) is 1.98. The van der Waals surface area contributed by atoms with Crippen molar-refractivity contribution in [1.29, 1.82) is 0 Å². The molecule has 0 fully saturated rings. The van der Waals surface area contributed by atoms with Crippen molar-refractivity contribution in [3.63, 3.8) is 0 Å². The van der Waals surface area contributed by atoms with Crippen LogP contribution in [0.1, 0.15) is 24.2 Å². The van der Waals surface area contributed by atoms with E-state index in [9.17, 15) is 18.0 Å². The molecular formula is C13H12F3NO3. The minimum atomic E-state index is -4.53. The van der Waals surface area contributed by atoms with Gasteiger partial charge in [0, 0.05) is 5.56 Å². The van der Waals surface area contributed by atoms with Crippen molar-refractivity contribution in [1.82, 2.24) is 0 Å². The minimum absolute atomic E-state index is 0.124. The Morgan fingerprint density at radius 2 is 2.10 bits per heavy atom. The highest BCUT2D eigenvalue weighted by Gasteiger charge is 2.41. The normalized spacial score (nSPS) is 21.6. The summed E-state index contributed by atoms with van der Waals surface area (Å²) in [6.07, 6.45) is -4.66. The topological polar surface area (TPSA) is 47.9 Å². The number of ether oxygens (including phenoxy) is 2. The summed E-state index contributed by atoms with van der Waals surface area (Å²) in [5.41, 5.74) is -0.972. The van der Waals surface area contributed by atoms with Crippen molar-refractivity contribution < 1.29 is 27.4 Å². The lowest BCUT2D eigenvalue weighted by Gasteiger charge is -2.20. The van der Waals surface area contributed by atoms with E-state index in [1.807, 2.05) is 0 Å². The van der Waals surface area contributed by atoms with Crippen LogP contribution in [-0.4, -0.2) is 25.0 Å². The van der Waals surface area contributed by atoms with E-state index in [0.29, 0.717) is 0 Å². The molecule has 0 bridgehead atoms. The number of nitrogens with zero attached hydrogens (tertiary/aromatic N) is 1. The highest BCUT2D eigenvalue weighted by molar-refractivity contribution is 5.80. The number of carbonyl (C=O) groups excluding carboxylic acids is 1. The standard InChI is InChI=1S/C13H12F3NO3/c1-2-19-12(18)10-11(20-7-17-10)8-5-3-4-6-9(8)13(14,15)16/h3-7,10-11H,2H2,1H3/t10-,11-/m0/s1. The van der Waals surface area contributed by atoms with Gasteiger partial charge < -0.3 is 9.47 Å². The average Bonchev–Trinajstić information content (AvgIpc) is 2.87. The molecule has 20 heavy (non-hydrogen) atoms. The molecule has 0 spiro atoms. The van der Waals surface area contributed by atoms with Crippen LogP contribution in [0.25, 0.3) is 0 Å². The molecule has 1 aliphatic heterocycles. The summed E-state index contributed by atoms with van der Waals surface area (Å²) in [7, 11) is 0. The maximum Gasteiger partial charge on any atom is 0.416 e. The van der Waals surface area contributed by atoms with Gasteiger partial charge in [0.05, 0.1) is 12.2 Å². The van der Waals surface area contributed by atoms with Gasteiger partial charge >= 0.3 is 12.1 Å². The third-order valence-corrected chi connectivity index (χ3v) is 2.82. The number of rotatable bonds is 3. The van der Waals surface area contributed by atoms with Crippen LogP contribution in [0.3, 0.4) is 0 Å². The molecule has 1 aliphatic rings. The van der Waals surface area contributed by atoms with E-state index >= 15 is 0 Å². The molecule has 0 amide bonds. The van der Waals surface area contributed by atoms with Crippen LogP contribution >= 0.6 is 0 Å². The maximum absolute atomic E-state index is 13.0. The molecule has 1 aromatic carbocycles. The van der Waals surface area contributed by atoms with Crippen LogP contribution in [0.15, 0.2) is 29.3 Å². The van der Waals surface area contributed by atoms with Crippen molar-refractivity contribution in [2.45, 2.75) is 25.2 Å². The van der Waals surface area contributed by atoms with Gasteiger partial charge in [-0.1, -0.05) is 18.2 Å². The Balaban J connectivity index is 2.34. The molecule has 0 aromatic heterocycles. The minimum Gasteiger partial charge on any atom is -0.473 e. The first-order chi connectivity index (χ1) is 9.45. The number of esters is 1. The molecule has 0 saturated carbocycles. The van der Waals surface area contributed by atoms with Gasteiger partial charge in [0.15, 0.2) is 18.5 Å². The summed E-state index contributed by atoms with van der Waals surface area (Å²) in [5.74, 6) is -0.705. The highest BCUT2D eigenvalue weighted by Crippen LogP contribution is 2.38. The van der Waals surface area contributed by atoms with Gasteiger partial charge in [0.2, 0.25) is 0 Å². The van der Waals surface area contributed by atoms with Crippen molar-refractivity contribution in [2.75, 3.05) is 6.61 Å². The van der Waals surface area contributed by atoms with Gasteiger partial charge in [-0.25, -0.2) is 9.79 Å². The number of carbonyl (C=O) groups is 1. The Morgan fingerprint density at radius 1 is 1.40 bits per heavy atom. The molecule has 108 valence electrons. The van der Waals surface area contributed by atoms with Gasteiger partial charge in [0.25, 0.3) is 0 Å². The molecular weight excluding hydrogens is 275 g/mol. The third kappa shape index (κ3) is 2.76. The van der Waals surface area contributed by atoms with Crippen LogP contribution in [-0.2, 0) is 20.4 Å². The van der Waals surface area contributed by atoms with E-state index in [1.54, 1.807) is 6.92 Å². The first-order valence-corrected chi connectivity index (χ1v) is 5.95. The van der Waals surface area contributed by atoms with Crippen molar-refractivity contribution in [3.8, 4) is 0 Å². The number of hydrogen-bond donors (Lipinski definition) is 0. The Morgan fingerprint density at radius 3 is 2.75 bits per heavy atom. The fourth-order valence-electron chi connectivity index (χ4n) is 1.98. The molecule has 2 rings (SSSR count). The van der Waals surface area contributed by atoms with E-state index in [-0.39, 0.29) is 12.2 Å². The number of hydrogen-bond acceptors (Lipinski definition) is 4. The van der Waals surface area contributed by atoms with Gasteiger partial charge in [-0.15, -0.1) is 0 Å². The van der Waals surface area contributed by atoms with Gasteiger partial charge in [-0.2, -0.15) is 13.2 Å². The first-order valence-electron chi connectivity index (χ1n) is 5.95. The van der Waals surface area contributed by atoms with Crippen LogP contribution in [0.4, 0.5) is 13.2 Å². The zero-order chi connectivity index (χ0) is 14.8. The SMILES string of the molecule is CCOC(=O)[C@H]1N=CO[C@H]1c1ccccc1C(F)(F)F. The lowest BCUT2D eigenvalue weighted by molar-refractivity contribution is -0.147. The van der Waals surface area contributed by atoms with Crippen LogP contribution in [0.2, 0.25) is 0 Å². The fraction of sp³-hybridized carbons (Fsp3) is 0.385. The number of alkyl halides is 3. The third-order valence-electron chi connectivity index (χ3n) is 2.82. The Labute approximate surface area is 113 Å². The molecule has 0 unspecified atom stereocenters. The first kappa shape index (κ1) is 14.4. The Bertz CT molecular complexity index is 528. The van der Waals surface area contributed by atoms with Crippen molar-refractivity contribution in [3.05, 3.63) is 35.4 Å². The average molecular weight is 287 g/mol. The summed E-state index contributed by atoms with van der Waals surface area (Å²) in [5, 5.41) is 0. The molecule has 7 heteroatoms. The van der Waals surface area contributed by atoms with E-state index in [4.69, 9.17) is 9.47 Å². The second-order valence-electron chi connectivity index (χ2n) is 4.09. The molecule has 0 N–H and O–H groups in total. The largest absolute Gasteiger partial charge is 0.473 e. The lowest BCUT2D eigenvalue weighted by atomic mass is 9.97. The number of benzene rings is 1. The second-order valence-corrected chi connectivity index (χ2v) is 4.09. The predicted octanol–water partition coefficient (Wildman–Crippen LogP) is 2.74. The smallest absolute Gasteiger partial charge is 0.416 e. The lowest BCUT2D eigenvalue weighted by Crippen LogP contribution is -2.27. The van der Waals surface area contributed by atoms with Crippen molar-refractivity contribution >= 4 is 12.4 Å². The van der Waals surface area contributed by atoms with E-state index in [0.717, 1.165) is 12.5 Å². The van der Waals surface area contributed by atoms with Crippen LogP contribution in [0, 0.1) is 0 Å². The molecule has 0 aliphatic carbocycles. The summed E-state index contributed by atoms with van der Waals surface area (Å²) in [6.45, 7) is 1.73. The molecule has 4 nitrogen and oxygen atoms in total. The van der Waals surface area contributed by atoms with Crippen molar-refractivity contribution in [2.24, 2.45) is 4.99 Å².